The van der Waals surface area contributed by atoms with Gasteiger partial charge in [-0.25, -0.2) is 0 Å². The lowest BCUT2D eigenvalue weighted by molar-refractivity contribution is -0.385. The van der Waals surface area contributed by atoms with Gasteiger partial charge in [-0.1, -0.05) is 54.6 Å². The highest BCUT2D eigenvalue weighted by molar-refractivity contribution is 7.58. The van der Waals surface area contributed by atoms with Crippen LogP contribution in [0.5, 0.6) is 0 Å². The Labute approximate surface area is 186 Å². The van der Waals surface area contributed by atoms with Crippen molar-refractivity contribution >= 4 is 19.2 Å². The van der Waals surface area contributed by atoms with Crippen LogP contribution in [0.3, 0.4) is 0 Å². The number of hydrogen-bond donors (Lipinski definition) is 4. The Kier molecular flexibility index (Phi) is 9.91. The molecule has 0 fully saturated rings. The lowest BCUT2D eigenvalue weighted by Gasteiger charge is -2.22. The van der Waals surface area contributed by atoms with Gasteiger partial charge in [-0.05, 0) is 37.0 Å². The van der Waals surface area contributed by atoms with Crippen molar-refractivity contribution in [3.8, 4) is 11.1 Å². The number of amides is 1. The van der Waals surface area contributed by atoms with E-state index in [1.165, 1.54) is 13.8 Å². The maximum absolute atomic E-state index is 12.6. The zero-order valence-electron chi connectivity index (χ0n) is 17.0. The number of carbonyl (C=O) groups excluding carboxylic acids is 1. The molecule has 2 aromatic rings. The lowest BCUT2D eigenvalue weighted by atomic mass is 9.97. The van der Waals surface area contributed by atoms with E-state index in [1.54, 1.807) is 0 Å². The van der Waals surface area contributed by atoms with Gasteiger partial charge in [-0.3, -0.25) is 14.2 Å². The highest BCUT2D eigenvalue weighted by Gasteiger charge is 2.35. The normalized spacial score (nSPS) is 15.7. The molecule has 0 spiro atoms. The summed E-state index contributed by atoms with van der Waals surface area (Å²) in [5.74, 6) is -3.28. The fraction of sp³-hybridized carbons (Fsp3) is 0.333. The van der Waals surface area contributed by atoms with Crippen LogP contribution in [-0.4, -0.2) is 39.9 Å². The SMILES string of the molecule is C[C@H](NC(=O)[C@@H](Cc1ccc(-c2ccccc2)cc1)CP(=O)(O)[C@H](C)[NH3+])C(=O)O.[Br-]. The number of hydrogen-bond acceptors (Lipinski definition) is 3. The van der Waals surface area contributed by atoms with Crippen LogP contribution in [0.15, 0.2) is 54.6 Å². The Morgan fingerprint density at radius 1 is 1.03 bits per heavy atom. The Morgan fingerprint density at radius 3 is 2.07 bits per heavy atom. The Balaban J connectivity index is 0.00000450. The number of aliphatic carboxylic acids is 1. The zero-order valence-corrected chi connectivity index (χ0v) is 19.5. The Morgan fingerprint density at radius 2 is 1.57 bits per heavy atom. The van der Waals surface area contributed by atoms with E-state index in [1.807, 2.05) is 54.6 Å². The molecule has 4 atom stereocenters. The lowest BCUT2D eigenvalue weighted by Crippen LogP contribution is -3.00. The summed E-state index contributed by atoms with van der Waals surface area (Å²) in [6.07, 6.45) is -0.0270. The van der Waals surface area contributed by atoms with Gasteiger partial charge in [0.25, 0.3) is 7.37 Å². The molecule has 0 aromatic heterocycles. The van der Waals surface area contributed by atoms with Crippen molar-refractivity contribution in [2.45, 2.75) is 32.1 Å². The maximum Gasteiger partial charge on any atom is 0.325 e. The summed E-state index contributed by atoms with van der Waals surface area (Å²) in [7, 11) is -3.66. The topological polar surface area (TPSA) is 131 Å². The summed E-state index contributed by atoms with van der Waals surface area (Å²) < 4.78 is 12.5. The minimum Gasteiger partial charge on any atom is -1.00 e. The summed E-state index contributed by atoms with van der Waals surface area (Å²) in [4.78, 5) is 33.9. The molecule has 1 unspecified atom stereocenters. The molecule has 2 aromatic carbocycles. The molecular formula is C21H28BrN2O5P. The van der Waals surface area contributed by atoms with Crippen molar-refractivity contribution in [3.05, 3.63) is 60.2 Å². The Bertz CT molecular complexity index is 890. The molecule has 7 nitrogen and oxygen atoms in total. The third-order valence-corrected chi connectivity index (χ3v) is 7.16. The van der Waals surface area contributed by atoms with Gasteiger partial charge in [0.05, 0.1) is 5.92 Å². The molecule has 0 saturated heterocycles. The average Bonchev–Trinajstić information content (AvgIpc) is 2.68. The van der Waals surface area contributed by atoms with Crippen molar-refractivity contribution in [1.82, 2.24) is 5.32 Å². The monoisotopic (exact) mass is 498 g/mol. The van der Waals surface area contributed by atoms with Gasteiger partial charge in [0.1, 0.15) is 6.04 Å². The average molecular weight is 499 g/mol. The molecule has 164 valence electrons. The smallest absolute Gasteiger partial charge is 0.325 e. The second-order valence-corrected chi connectivity index (χ2v) is 10.1. The molecule has 9 heteroatoms. The second-order valence-electron chi connectivity index (χ2n) is 7.32. The predicted octanol–water partition coefficient (Wildman–Crippen LogP) is -1.04. The molecular weight excluding hydrogens is 471 g/mol. The van der Waals surface area contributed by atoms with Crippen LogP contribution >= 0.6 is 7.37 Å². The van der Waals surface area contributed by atoms with Crippen LogP contribution in [0, 0.1) is 5.92 Å². The van der Waals surface area contributed by atoms with E-state index in [0.717, 1.165) is 16.7 Å². The summed E-state index contributed by atoms with van der Waals surface area (Å²) in [5.41, 5.74) is 6.54. The molecule has 0 bridgehead atoms. The first-order chi connectivity index (χ1) is 13.6. The molecule has 0 radical (unpaired) electrons. The van der Waals surface area contributed by atoms with Crippen LogP contribution in [0.2, 0.25) is 0 Å². The van der Waals surface area contributed by atoms with Gasteiger partial charge in [0.2, 0.25) is 5.91 Å². The van der Waals surface area contributed by atoms with Gasteiger partial charge in [0, 0.05) is 6.16 Å². The number of quaternary nitrogens is 1. The van der Waals surface area contributed by atoms with E-state index < -0.39 is 37.0 Å². The molecule has 0 heterocycles. The molecule has 30 heavy (non-hydrogen) atoms. The molecule has 0 aliphatic rings. The first kappa shape index (κ1) is 26.0. The fourth-order valence-electron chi connectivity index (χ4n) is 2.88. The van der Waals surface area contributed by atoms with Crippen LogP contribution in [0.1, 0.15) is 19.4 Å². The van der Waals surface area contributed by atoms with Gasteiger partial charge < -0.3 is 38.0 Å². The number of rotatable bonds is 9. The zero-order chi connectivity index (χ0) is 21.6. The number of carbonyl (C=O) groups is 2. The summed E-state index contributed by atoms with van der Waals surface area (Å²) in [5, 5.41) is 11.4. The number of carboxylic acids is 1. The standard InChI is InChI=1S/C21H27N2O5P.BrH/c1-14(21(25)26)23-20(24)19(13-29(27,28)15(2)22)12-16-8-10-18(11-9-16)17-6-4-3-5-7-17;/h3-11,14-15,19H,12-13,22H2,1-2H3,(H,23,24)(H,25,26)(H,27,28);1H/t14-,15+,19-;/m0./s1. The van der Waals surface area contributed by atoms with Crippen molar-refractivity contribution in [2.24, 2.45) is 5.92 Å². The predicted molar refractivity (Wildman–Crippen MR) is 111 cm³/mol. The molecule has 0 aliphatic heterocycles. The number of nitrogens with one attached hydrogen (secondary N) is 1. The molecule has 2 rings (SSSR count). The quantitative estimate of drug-likeness (QED) is 0.328. The highest BCUT2D eigenvalue weighted by atomic mass is 79.9. The minimum atomic E-state index is -3.66. The third-order valence-electron chi connectivity index (χ3n) is 4.81. The van der Waals surface area contributed by atoms with Crippen molar-refractivity contribution < 1.29 is 46.9 Å². The Hall–Kier alpha value is -1.99. The van der Waals surface area contributed by atoms with Crippen molar-refractivity contribution in [1.29, 1.82) is 0 Å². The van der Waals surface area contributed by atoms with E-state index in [4.69, 9.17) is 5.11 Å². The van der Waals surface area contributed by atoms with Crippen LogP contribution in [0.4, 0.5) is 0 Å². The summed E-state index contributed by atoms with van der Waals surface area (Å²) in [6.45, 7) is 2.89. The molecule has 0 aliphatic carbocycles. The van der Waals surface area contributed by atoms with Crippen LogP contribution in [-0.2, 0) is 20.6 Å². The maximum atomic E-state index is 12.6. The number of benzene rings is 2. The van der Waals surface area contributed by atoms with E-state index >= 15 is 0 Å². The number of carboxylic acid groups (broad SMARTS) is 1. The number of halogens is 1. The summed E-state index contributed by atoms with van der Waals surface area (Å²) in [6, 6.07) is 16.4. The third kappa shape index (κ3) is 7.36. The molecule has 6 N–H and O–H groups in total. The van der Waals surface area contributed by atoms with Crippen molar-refractivity contribution in [2.75, 3.05) is 6.16 Å². The van der Waals surface area contributed by atoms with E-state index in [0.29, 0.717) is 0 Å². The fourth-order valence-corrected chi connectivity index (χ4v) is 4.16. The van der Waals surface area contributed by atoms with E-state index in [-0.39, 0.29) is 29.6 Å². The van der Waals surface area contributed by atoms with Gasteiger partial charge >= 0.3 is 5.97 Å². The van der Waals surface area contributed by atoms with Gasteiger partial charge in [-0.2, -0.15) is 0 Å². The van der Waals surface area contributed by atoms with Crippen molar-refractivity contribution in [3.63, 3.8) is 0 Å². The highest BCUT2D eigenvalue weighted by Crippen LogP contribution is 2.45. The first-order valence-electron chi connectivity index (χ1n) is 9.42. The summed E-state index contributed by atoms with van der Waals surface area (Å²) >= 11 is 0. The van der Waals surface area contributed by atoms with Crippen LogP contribution < -0.4 is 28.0 Å². The second kappa shape index (κ2) is 11.4. The van der Waals surface area contributed by atoms with Gasteiger partial charge in [0.15, 0.2) is 5.78 Å². The van der Waals surface area contributed by atoms with Crippen LogP contribution in [0.25, 0.3) is 11.1 Å². The van der Waals surface area contributed by atoms with E-state index in [9.17, 15) is 19.0 Å². The van der Waals surface area contributed by atoms with Gasteiger partial charge in [-0.15, -0.1) is 0 Å². The minimum absolute atomic E-state index is 0. The largest absolute Gasteiger partial charge is 1.00 e. The first-order valence-corrected chi connectivity index (χ1v) is 11.3. The van der Waals surface area contributed by atoms with E-state index in [2.05, 4.69) is 11.1 Å². The molecule has 0 saturated carbocycles. The molecule has 1 amide bonds.